The molecule has 0 amide bonds. The monoisotopic (exact) mass is 188 g/mol. The van der Waals surface area contributed by atoms with Crippen LogP contribution in [-0.2, 0) is 7.05 Å². The molecular formula is C10H12N4. The van der Waals surface area contributed by atoms with Crippen molar-refractivity contribution in [3.8, 4) is 11.4 Å². The Hall–Kier alpha value is -1.84. The minimum atomic E-state index is 0.311. The number of benzene rings is 1. The second-order valence-corrected chi connectivity index (χ2v) is 3.23. The van der Waals surface area contributed by atoms with Gasteiger partial charge < -0.3 is 5.73 Å². The highest BCUT2D eigenvalue weighted by Crippen LogP contribution is 2.20. The summed E-state index contributed by atoms with van der Waals surface area (Å²) in [5.74, 6) is 1.12. The quantitative estimate of drug-likeness (QED) is 0.735. The second-order valence-electron chi connectivity index (χ2n) is 3.23. The van der Waals surface area contributed by atoms with Gasteiger partial charge in [-0.25, -0.2) is 4.68 Å². The molecule has 1 aromatic heterocycles. The lowest BCUT2D eigenvalue weighted by atomic mass is 10.1. The highest BCUT2D eigenvalue weighted by molar-refractivity contribution is 5.60. The molecule has 14 heavy (non-hydrogen) atoms. The van der Waals surface area contributed by atoms with E-state index in [2.05, 4.69) is 10.1 Å². The summed E-state index contributed by atoms with van der Waals surface area (Å²) in [6, 6.07) is 8.03. The summed E-state index contributed by atoms with van der Waals surface area (Å²) in [5, 5.41) is 4.01. The first-order valence-corrected chi connectivity index (χ1v) is 4.41. The zero-order valence-corrected chi connectivity index (χ0v) is 8.23. The standard InChI is InChI=1S/C10H12N4/c1-7-5-3-4-6-8(7)9-12-10(11)13-14(9)2/h3-6H,1-2H3,(H2,11,13). The van der Waals surface area contributed by atoms with Crippen molar-refractivity contribution in [1.29, 1.82) is 0 Å². The first-order chi connectivity index (χ1) is 6.68. The third kappa shape index (κ3) is 1.35. The molecule has 0 aliphatic rings. The molecule has 0 unspecified atom stereocenters. The van der Waals surface area contributed by atoms with Crippen molar-refractivity contribution >= 4 is 5.95 Å². The van der Waals surface area contributed by atoms with Gasteiger partial charge in [0.05, 0.1) is 0 Å². The van der Waals surface area contributed by atoms with Gasteiger partial charge in [-0.2, -0.15) is 4.98 Å². The Bertz CT molecular complexity index is 459. The van der Waals surface area contributed by atoms with Crippen molar-refractivity contribution in [1.82, 2.24) is 14.8 Å². The van der Waals surface area contributed by atoms with Crippen molar-refractivity contribution in [3.05, 3.63) is 29.8 Å². The van der Waals surface area contributed by atoms with E-state index in [1.807, 2.05) is 38.2 Å². The molecule has 0 bridgehead atoms. The van der Waals surface area contributed by atoms with E-state index in [-0.39, 0.29) is 0 Å². The van der Waals surface area contributed by atoms with E-state index in [0.717, 1.165) is 11.4 Å². The summed E-state index contributed by atoms with van der Waals surface area (Å²) in [4.78, 5) is 4.17. The van der Waals surface area contributed by atoms with Crippen molar-refractivity contribution in [2.24, 2.45) is 7.05 Å². The molecule has 2 rings (SSSR count). The van der Waals surface area contributed by atoms with Crippen LogP contribution >= 0.6 is 0 Å². The smallest absolute Gasteiger partial charge is 0.240 e. The number of anilines is 1. The van der Waals surface area contributed by atoms with Gasteiger partial charge in [0, 0.05) is 12.6 Å². The van der Waals surface area contributed by atoms with Crippen LogP contribution in [0.25, 0.3) is 11.4 Å². The Morgan fingerprint density at radius 3 is 2.57 bits per heavy atom. The summed E-state index contributed by atoms with van der Waals surface area (Å²) in [7, 11) is 1.84. The number of nitrogens with two attached hydrogens (primary N) is 1. The topological polar surface area (TPSA) is 56.7 Å². The summed E-state index contributed by atoms with van der Waals surface area (Å²) in [6.07, 6.45) is 0. The minimum Gasteiger partial charge on any atom is -0.366 e. The van der Waals surface area contributed by atoms with Crippen LogP contribution in [0.3, 0.4) is 0 Å². The molecule has 1 heterocycles. The third-order valence-electron chi connectivity index (χ3n) is 2.17. The van der Waals surface area contributed by atoms with E-state index in [1.54, 1.807) is 4.68 Å². The SMILES string of the molecule is Cc1ccccc1-c1nc(N)nn1C. The second kappa shape index (κ2) is 3.14. The average molecular weight is 188 g/mol. The summed E-state index contributed by atoms with van der Waals surface area (Å²) < 4.78 is 1.69. The average Bonchev–Trinajstić information content (AvgIpc) is 2.46. The summed E-state index contributed by atoms with van der Waals surface area (Å²) >= 11 is 0. The molecule has 0 radical (unpaired) electrons. The van der Waals surface area contributed by atoms with Gasteiger partial charge in [-0.05, 0) is 12.5 Å². The van der Waals surface area contributed by atoms with E-state index >= 15 is 0 Å². The zero-order valence-electron chi connectivity index (χ0n) is 8.23. The lowest BCUT2D eigenvalue weighted by molar-refractivity contribution is 0.778. The Morgan fingerprint density at radius 2 is 2.00 bits per heavy atom. The van der Waals surface area contributed by atoms with Crippen LogP contribution in [0.1, 0.15) is 5.56 Å². The van der Waals surface area contributed by atoms with Gasteiger partial charge in [0.15, 0.2) is 5.82 Å². The molecule has 4 heteroatoms. The predicted octanol–water partition coefficient (Wildman–Crippen LogP) is 1.37. The lowest BCUT2D eigenvalue weighted by Gasteiger charge is -2.02. The summed E-state index contributed by atoms with van der Waals surface area (Å²) in [5.41, 5.74) is 7.76. The Labute approximate surface area is 82.4 Å². The normalized spacial score (nSPS) is 10.4. The molecule has 1 aromatic carbocycles. The van der Waals surface area contributed by atoms with Gasteiger partial charge in [-0.3, -0.25) is 0 Å². The number of rotatable bonds is 1. The summed E-state index contributed by atoms with van der Waals surface area (Å²) in [6.45, 7) is 2.04. The maximum absolute atomic E-state index is 5.52. The minimum absolute atomic E-state index is 0.311. The fraction of sp³-hybridized carbons (Fsp3) is 0.200. The predicted molar refractivity (Wildman–Crippen MR) is 55.6 cm³/mol. The van der Waals surface area contributed by atoms with E-state index in [9.17, 15) is 0 Å². The van der Waals surface area contributed by atoms with Crippen LogP contribution in [0, 0.1) is 6.92 Å². The van der Waals surface area contributed by atoms with E-state index < -0.39 is 0 Å². The molecule has 0 atom stereocenters. The first kappa shape index (κ1) is 8.74. The first-order valence-electron chi connectivity index (χ1n) is 4.41. The maximum Gasteiger partial charge on any atom is 0.240 e. The van der Waals surface area contributed by atoms with Gasteiger partial charge in [-0.1, -0.05) is 24.3 Å². The van der Waals surface area contributed by atoms with Crippen molar-refractivity contribution in [3.63, 3.8) is 0 Å². The molecule has 2 aromatic rings. The third-order valence-corrected chi connectivity index (χ3v) is 2.17. The molecule has 72 valence electrons. The molecule has 0 fully saturated rings. The number of nitrogens with zero attached hydrogens (tertiary/aromatic N) is 3. The molecule has 0 saturated carbocycles. The highest BCUT2D eigenvalue weighted by atomic mass is 15.4. The van der Waals surface area contributed by atoms with E-state index in [0.29, 0.717) is 5.95 Å². The van der Waals surface area contributed by atoms with Gasteiger partial charge in [0.2, 0.25) is 5.95 Å². The fourth-order valence-corrected chi connectivity index (χ4v) is 1.46. The number of aryl methyl sites for hydroxylation is 2. The maximum atomic E-state index is 5.52. The molecule has 2 N–H and O–H groups in total. The van der Waals surface area contributed by atoms with E-state index in [4.69, 9.17) is 5.73 Å². The van der Waals surface area contributed by atoms with Crippen LogP contribution in [0.15, 0.2) is 24.3 Å². The molecule has 0 saturated heterocycles. The number of hydrogen-bond donors (Lipinski definition) is 1. The van der Waals surface area contributed by atoms with Gasteiger partial charge in [0.25, 0.3) is 0 Å². The lowest BCUT2D eigenvalue weighted by Crippen LogP contribution is -1.96. The zero-order chi connectivity index (χ0) is 10.1. The van der Waals surface area contributed by atoms with Crippen LogP contribution in [0.5, 0.6) is 0 Å². The van der Waals surface area contributed by atoms with Gasteiger partial charge >= 0.3 is 0 Å². The molecule has 4 nitrogen and oxygen atoms in total. The Morgan fingerprint density at radius 1 is 1.29 bits per heavy atom. The van der Waals surface area contributed by atoms with Crippen LogP contribution < -0.4 is 5.73 Å². The number of aromatic nitrogens is 3. The molecule has 0 spiro atoms. The van der Waals surface area contributed by atoms with Crippen LogP contribution in [0.4, 0.5) is 5.95 Å². The van der Waals surface area contributed by atoms with Crippen molar-refractivity contribution in [2.75, 3.05) is 5.73 Å². The van der Waals surface area contributed by atoms with Crippen LogP contribution in [0.2, 0.25) is 0 Å². The Balaban J connectivity index is 2.60. The largest absolute Gasteiger partial charge is 0.366 e. The fourth-order valence-electron chi connectivity index (χ4n) is 1.46. The van der Waals surface area contributed by atoms with Crippen molar-refractivity contribution in [2.45, 2.75) is 6.92 Å². The van der Waals surface area contributed by atoms with Gasteiger partial charge in [0.1, 0.15) is 0 Å². The van der Waals surface area contributed by atoms with Gasteiger partial charge in [-0.15, -0.1) is 5.10 Å². The number of nitrogen functional groups attached to an aromatic ring is 1. The Kier molecular flexibility index (Phi) is 1.96. The van der Waals surface area contributed by atoms with Crippen molar-refractivity contribution < 1.29 is 0 Å². The highest BCUT2D eigenvalue weighted by Gasteiger charge is 2.08. The van der Waals surface area contributed by atoms with Crippen LogP contribution in [-0.4, -0.2) is 14.8 Å². The molecule has 0 aliphatic carbocycles. The molecular weight excluding hydrogens is 176 g/mol. The molecule has 0 aliphatic heterocycles. The van der Waals surface area contributed by atoms with E-state index in [1.165, 1.54) is 5.56 Å². The number of hydrogen-bond acceptors (Lipinski definition) is 3.